The van der Waals surface area contributed by atoms with Gasteiger partial charge in [-0.25, -0.2) is 0 Å². The highest BCUT2D eigenvalue weighted by Crippen LogP contribution is 2.37. The summed E-state index contributed by atoms with van der Waals surface area (Å²) in [6.07, 6.45) is 0.993. The fourth-order valence-corrected chi connectivity index (χ4v) is 4.40. The van der Waals surface area contributed by atoms with Crippen LogP contribution in [0.4, 0.5) is 0 Å². The Bertz CT molecular complexity index is 807. The van der Waals surface area contributed by atoms with Crippen molar-refractivity contribution in [3.8, 4) is 0 Å². The van der Waals surface area contributed by atoms with Gasteiger partial charge in [-0.3, -0.25) is 9.69 Å². The molecule has 27 heavy (non-hydrogen) atoms. The Labute approximate surface area is 161 Å². The third-order valence-electron chi connectivity index (χ3n) is 5.80. The smallest absolute Gasteiger partial charge is 0.254 e. The number of benzene rings is 2. The van der Waals surface area contributed by atoms with Crippen LogP contribution in [0, 0.1) is 13.8 Å². The Morgan fingerprint density at radius 1 is 1.15 bits per heavy atom. The zero-order valence-electron chi connectivity index (χ0n) is 16.4. The standard InChI is InChI=1S/C23H28N2O2/c1-17-9-18(2)11-20(10-17)22(26)25-15-23(16-25)12-21(14-27-23)24(3)13-19-7-5-4-6-8-19/h4-11,21H,12-16H2,1-3H3. The molecule has 1 spiro atoms. The van der Waals surface area contributed by atoms with E-state index in [0.29, 0.717) is 19.1 Å². The molecule has 142 valence electrons. The molecule has 1 amide bonds. The maximum absolute atomic E-state index is 12.8. The van der Waals surface area contributed by atoms with Gasteiger partial charge in [0.1, 0.15) is 5.60 Å². The molecule has 1 atom stereocenters. The van der Waals surface area contributed by atoms with E-state index in [2.05, 4.69) is 42.3 Å². The highest BCUT2D eigenvalue weighted by molar-refractivity contribution is 5.95. The highest BCUT2D eigenvalue weighted by atomic mass is 16.5. The molecule has 2 heterocycles. The van der Waals surface area contributed by atoms with Gasteiger partial charge >= 0.3 is 0 Å². The first-order valence-electron chi connectivity index (χ1n) is 9.70. The van der Waals surface area contributed by atoms with Gasteiger partial charge in [0, 0.05) is 18.2 Å². The van der Waals surface area contributed by atoms with Crippen LogP contribution in [0.1, 0.15) is 33.5 Å². The third kappa shape index (κ3) is 3.78. The van der Waals surface area contributed by atoms with E-state index in [9.17, 15) is 4.79 Å². The summed E-state index contributed by atoms with van der Waals surface area (Å²) in [4.78, 5) is 17.1. The monoisotopic (exact) mass is 364 g/mol. The topological polar surface area (TPSA) is 32.8 Å². The van der Waals surface area contributed by atoms with E-state index in [-0.39, 0.29) is 11.5 Å². The molecule has 0 aromatic heterocycles. The summed E-state index contributed by atoms with van der Waals surface area (Å²) in [5, 5.41) is 0. The zero-order valence-corrected chi connectivity index (χ0v) is 16.4. The Morgan fingerprint density at radius 2 is 1.81 bits per heavy atom. The van der Waals surface area contributed by atoms with Gasteiger partial charge in [-0.05, 0) is 45.0 Å². The minimum absolute atomic E-state index is 0.122. The van der Waals surface area contributed by atoms with Crippen LogP contribution in [-0.4, -0.2) is 54.1 Å². The molecule has 0 bridgehead atoms. The lowest BCUT2D eigenvalue weighted by atomic mass is 9.88. The molecular weight excluding hydrogens is 336 g/mol. The highest BCUT2D eigenvalue weighted by Gasteiger charge is 2.52. The van der Waals surface area contributed by atoms with Crippen LogP contribution in [0.25, 0.3) is 0 Å². The molecule has 2 aromatic rings. The number of rotatable bonds is 4. The molecule has 2 aliphatic rings. The normalized spacial score (nSPS) is 20.9. The number of carbonyl (C=O) groups excluding carboxylic acids is 1. The van der Waals surface area contributed by atoms with Gasteiger partial charge in [-0.15, -0.1) is 0 Å². The van der Waals surface area contributed by atoms with E-state index >= 15 is 0 Å². The van der Waals surface area contributed by atoms with Crippen molar-refractivity contribution in [3.05, 3.63) is 70.8 Å². The Hall–Kier alpha value is -2.17. The molecule has 2 fully saturated rings. The van der Waals surface area contributed by atoms with Gasteiger partial charge in [-0.1, -0.05) is 47.5 Å². The van der Waals surface area contributed by atoms with Gasteiger partial charge in [0.2, 0.25) is 0 Å². The molecule has 4 nitrogen and oxygen atoms in total. The number of hydrogen-bond donors (Lipinski definition) is 0. The Balaban J connectivity index is 1.34. The summed E-state index contributed by atoms with van der Waals surface area (Å²) in [6.45, 7) is 7.15. The maximum atomic E-state index is 12.8. The van der Waals surface area contributed by atoms with Crippen molar-refractivity contribution in [1.29, 1.82) is 0 Å². The van der Waals surface area contributed by atoms with Crippen molar-refractivity contribution in [3.63, 3.8) is 0 Å². The Kier molecular flexibility index (Phi) is 4.79. The van der Waals surface area contributed by atoms with Crippen molar-refractivity contribution in [2.45, 2.75) is 38.5 Å². The first-order chi connectivity index (χ1) is 12.9. The third-order valence-corrected chi connectivity index (χ3v) is 5.80. The summed E-state index contributed by atoms with van der Waals surface area (Å²) in [7, 11) is 2.16. The van der Waals surface area contributed by atoms with E-state index in [0.717, 1.165) is 36.3 Å². The lowest BCUT2D eigenvalue weighted by Crippen LogP contribution is -2.63. The van der Waals surface area contributed by atoms with Crippen LogP contribution in [-0.2, 0) is 11.3 Å². The lowest BCUT2D eigenvalue weighted by Gasteiger charge is -2.47. The second-order valence-electron chi connectivity index (χ2n) is 8.29. The number of nitrogens with zero attached hydrogens (tertiary/aromatic N) is 2. The number of hydrogen-bond acceptors (Lipinski definition) is 3. The minimum atomic E-state index is -0.149. The van der Waals surface area contributed by atoms with E-state index in [1.165, 1.54) is 5.56 Å². The minimum Gasteiger partial charge on any atom is -0.370 e. The summed E-state index contributed by atoms with van der Waals surface area (Å²) in [6, 6.07) is 17.0. The van der Waals surface area contributed by atoms with Crippen molar-refractivity contribution in [2.75, 3.05) is 26.7 Å². The molecule has 2 aliphatic heterocycles. The Morgan fingerprint density at radius 3 is 2.48 bits per heavy atom. The molecule has 0 radical (unpaired) electrons. The number of likely N-dealkylation sites (N-methyl/N-ethyl adjacent to an activating group) is 1. The van der Waals surface area contributed by atoms with Crippen LogP contribution in [0.5, 0.6) is 0 Å². The second-order valence-corrected chi connectivity index (χ2v) is 8.29. The molecule has 0 aliphatic carbocycles. The summed E-state index contributed by atoms with van der Waals surface area (Å²) >= 11 is 0. The molecule has 2 aromatic carbocycles. The summed E-state index contributed by atoms with van der Waals surface area (Å²) in [5.74, 6) is 0.122. The van der Waals surface area contributed by atoms with E-state index in [4.69, 9.17) is 4.74 Å². The predicted octanol–water partition coefficient (Wildman–Crippen LogP) is 3.42. The molecule has 2 saturated heterocycles. The van der Waals surface area contributed by atoms with Gasteiger partial charge in [0.15, 0.2) is 0 Å². The number of aryl methyl sites for hydroxylation is 2. The molecule has 4 rings (SSSR count). The first kappa shape index (κ1) is 18.2. The first-order valence-corrected chi connectivity index (χ1v) is 9.70. The zero-order chi connectivity index (χ0) is 19.0. The van der Waals surface area contributed by atoms with Crippen molar-refractivity contribution < 1.29 is 9.53 Å². The molecule has 0 saturated carbocycles. The van der Waals surface area contributed by atoms with Crippen molar-refractivity contribution >= 4 is 5.91 Å². The number of likely N-dealkylation sites (tertiary alicyclic amines) is 1. The molecule has 4 heteroatoms. The van der Waals surface area contributed by atoms with Gasteiger partial charge < -0.3 is 9.64 Å². The molecule has 1 unspecified atom stereocenters. The van der Waals surface area contributed by atoms with Crippen molar-refractivity contribution in [1.82, 2.24) is 9.80 Å². The average molecular weight is 364 g/mol. The van der Waals surface area contributed by atoms with E-state index in [1.54, 1.807) is 0 Å². The number of ether oxygens (including phenoxy) is 1. The van der Waals surface area contributed by atoms with Crippen LogP contribution >= 0.6 is 0 Å². The quantitative estimate of drug-likeness (QED) is 0.833. The fourth-order valence-electron chi connectivity index (χ4n) is 4.40. The number of amides is 1. The SMILES string of the molecule is Cc1cc(C)cc(C(=O)N2CC3(CC(N(C)Cc4ccccc4)CO3)C2)c1. The second kappa shape index (κ2) is 7.10. The maximum Gasteiger partial charge on any atom is 0.254 e. The summed E-state index contributed by atoms with van der Waals surface area (Å²) in [5.41, 5.74) is 4.23. The van der Waals surface area contributed by atoms with E-state index in [1.807, 2.05) is 36.9 Å². The fraction of sp³-hybridized carbons (Fsp3) is 0.435. The van der Waals surface area contributed by atoms with Gasteiger partial charge in [0.25, 0.3) is 5.91 Å². The summed E-state index contributed by atoms with van der Waals surface area (Å²) < 4.78 is 6.18. The van der Waals surface area contributed by atoms with Crippen molar-refractivity contribution in [2.24, 2.45) is 0 Å². The predicted molar refractivity (Wildman–Crippen MR) is 107 cm³/mol. The molecular formula is C23H28N2O2. The van der Waals surface area contributed by atoms with E-state index < -0.39 is 0 Å². The lowest BCUT2D eigenvalue weighted by molar-refractivity contribution is -0.0950. The van der Waals surface area contributed by atoms with Crippen LogP contribution in [0.2, 0.25) is 0 Å². The number of carbonyl (C=O) groups is 1. The van der Waals surface area contributed by atoms with Crippen LogP contribution < -0.4 is 0 Å². The average Bonchev–Trinajstić information content (AvgIpc) is 3.06. The van der Waals surface area contributed by atoms with Crippen LogP contribution in [0.3, 0.4) is 0 Å². The van der Waals surface area contributed by atoms with Gasteiger partial charge in [0.05, 0.1) is 19.7 Å². The molecule has 0 N–H and O–H groups in total. The van der Waals surface area contributed by atoms with Gasteiger partial charge in [-0.2, -0.15) is 0 Å². The largest absolute Gasteiger partial charge is 0.370 e. The van der Waals surface area contributed by atoms with Crippen LogP contribution in [0.15, 0.2) is 48.5 Å².